The van der Waals surface area contributed by atoms with Gasteiger partial charge < -0.3 is 4.74 Å². The molecule has 4 nitrogen and oxygen atoms in total. The van der Waals surface area contributed by atoms with Gasteiger partial charge in [-0.3, -0.25) is 10.2 Å². The summed E-state index contributed by atoms with van der Waals surface area (Å²) in [6, 6.07) is 0. The van der Waals surface area contributed by atoms with Crippen molar-refractivity contribution in [3.05, 3.63) is 0 Å². The second-order valence-electron chi connectivity index (χ2n) is 3.24. The molecule has 1 aliphatic rings. The van der Waals surface area contributed by atoms with E-state index in [4.69, 9.17) is 4.74 Å². The van der Waals surface area contributed by atoms with Crippen LogP contribution in [0.5, 0.6) is 0 Å². The Morgan fingerprint density at radius 2 is 2.15 bits per heavy atom. The molecule has 0 aromatic rings. The van der Waals surface area contributed by atoms with Crippen molar-refractivity contribution in [3.8, 4) is 0 Å². The summed E-state index contributed by atoms with van der Waals surface area (Å²) in [6.45, 7) is 5.12. The molecular weight excluding hydrogens is 168 g/mol. The highest BCUT2D eigenvalue weighted by molar-refractivity contribution is 5.75. The van der Waals surface area contributed by atoms with E-state index in [1.807, 2.05) is 5.01 Å². The number of morpholine rings is 1. The number of amides is 1. The number of rotatable bonds is 4. The summed E-state index contributed by atoms with van der Waals surface area (Å²) in [4.78, 5) is 11.3. The number of carbonyl (C=O) groups excluding carboxylic acids is 1. The van der Waals surface area contributed by atoms with Gasteiger partial charge in [0.1, 0.15) is 0 Å². The molecule has 1 saturated heterocycles. The number of hydrogen-bond acceptors (Lipinski definition) is 3. The highest BCUT2D eigenvalue weighted by Gasteiger charge is 2.11. The lowest BCUT2D eigenvalue weighted by molar-refractivity contribution is -0.128. The van der Waals surface area contributed by atoms with Gasteiger partial charge in [0, 0.05) is 19.5 Å². The molecule has 0 atom stereocenters. The first-order valence-corrected chi connectivity index (χ1v) is 4.95. The minimum absolute atomic E-state index is 0.128. The van der Waals surface area contributed by atoms with E-state index in [0.29, 0.717) is 19.6 Å². The number of hydrazine groups is 1. The smallest absolute Gasteiger partial charge is 0.234 e. The Morgan fingerprint density at radius 3 is 2.77 bits per heavy atom. The van der Waals surface area contributed by atoms with Gasteiger partial charge in [-0.25, -0.2) is 5.01 Å². The molecule has 1 amide bonds. The molecule has 0 saturated carbocycles. The maximum atomic E-state index is 11.3. The zero-order chi connectivity index (χ0) is 9.52. The Hall–Kier alpha value is -0.610. The van der Waals surface area contributed by atoms with Gasteiger partial charge in [-0.1, -0.05) is 13.3 Å². The van der Waals surface area contributed by atoms with Gasteiger partial charge >= 0.3 is 0 Å². The molecular formula is C9H18N2O2. The monoisotopic (exact) mass is 186 g/mol. The number of hydrogen-bond donors (Lipinski definition) is 1. The first-order chi connectivity index (χ1) is 6.33. The molecule has 1 rings (SSSR count). The Balaban J connectivity index is 2.11. The molecule has 0 aromatic heterocycles. The van der Waals surface area contributed by atoms with Crippen molar-refractivity contribution in [3.63, 3.8) is 0 Å². The van der Waals surface area contributed by atoms with Crippen LogP contribution in [0.2, 0.25) is 0 Å². The van der Waals surface area contributed by atoms with Crippen molar-refractivity contribution in [1.82, 2.24) is 10.4 Å². The van der Waals surface area contributed by atoms with Crippen molar-refractivity contribution in [1.29, 1.82) is 0 Å². The van der Waals surface area contributed by atoms with Crippen LogP contribution >= 0.6 is 0 Å². The topological polar surface area (TPSA) is 41.6 Å². The molecule has 0 aliphatic carbocycles. The molecule has 1 fully saturated rings. The summed E-state index contributed by atoms with van der Waals surface area (Å²) < 4.78 is 5.17. The molecule has 4 heteroatoms. The normalized spacial score (nSPS) is 18.5. The summed E-state index contributed by atoms with van der Waals surface area (Å²) >= 11 is 0. The molecule has 0 aromatic carbocycles. The largest absolute Gasteiger partial charge is 0.379 e. The Kier molecular flexibility index (Phi) is 4.78. The quantitative estimate of drug-likeness (QED) is 0.696. The average molecular weight is 186 g/mol. The summed E-state index contributed by atoms with van der Waals surface area (Å²) in [7, 11) is 0. The van der Waals surface area contributed by atoms with Crippen LogP contribution in [0.3, 0.4) is 0 Å². The minimum atomic E-state index is 0.128. The highest BCUT2D eigenvalue weighted by atomic mass is 16.5. The van der Waals surface area contributed by atoms with Crippen molar-refractivity contribution < 1.29 is 9.53 Å². The van der Waals surface area contributed by atoms with Gasteiger partial charge in [-0.2, -0.15) is 0 Å². The molecule has 76 valence electrons. The minimum Gasteiger partial charge on any atom is -0.379 e. The molecule has 0 radical (unpaired) electrons. The molecule has 1 heterocycles. The van der Waals surface area contributed by atoms with Crippen LogP contribution in [0.15, 0.2) is 0 Å². The Labute approximate surface area is 79.2 Å². The maximum absolute atomic E-state index is 11.3. The Morgan fingerprint density at radius 1 is 1.46 bits per heavy atom. The fourth-order valence-corrected chi connectivity index (χ4v) is 1.24. The fraction of sp³-hybridized carbons (Fsp3) is 0.889. The SMILES string of the molecule is CCCCC(=O)NN1CCOCC1. The lowest BCUT2D eigenvalue weighted by atomic mass is 10.2. The molecule has 0 unspecified atom stereocenters. The van der Waals surface area contributed by atoms with E-state index in [1.54, 1.807) is 0 Å². The van der Waals surface area contributed by atoms with Crippen LogP contribution in [0.1, 0.15) is 26.2 Å². The number of unbranched alkanes of at least 4 members (excludes halogenated alkanes) is 1. The average Bonchev–Trinajstić information content (AvgIpc) is 2.16. The molecule has 0 bridgehead atoms. The van der Waals surface area contributed by atoms with Crippen molar-refractivity contribution in [2.24, 2.45) is 0 Å². The van der Waals surface area contributed by atoms with Crippen LogP contribution < -0.4 is 5.43 Å². The zero-order valence-corrected chi connectivity index (χ0v) is 8.21. The van der Waals surface area contributed by atoms with Gasteiger partial charge in [0.05, 0.1) is 13.2 Å². The van der Waals surface area contributed by atoms with Crippen LogP contribution in [0.4, 0.5) is 0 Å². The highest BCUT2D eigenvalue weighted by Crippen LogP contribution is 1.96. The third kappa shape index (κ3) is 4.24. The first-order valence-electron chi connectivity index (χ1n) is 4.95. The van der Waals surface area contributed by atoms with E-state index in [2.05, 4.69) is 12.3 Å². The van der Waals surface area contributed by atoms with Gasteiger partial charge in [-0.15, -0.1) is 0 Å². The van der Waals surface area contributed by atoms with E-state index < -0.39 is 0 Å². The molecule has 1 N–H and O–H groups in total. The lowest BCUT2D eigenvalue weighted by Gasteiger charge is -2.26. The van der Waals surface area contributed by atoms with E-state index >= 15 is 0 Å². The molecule has 0 spiro atoms. The fourth-order valence-electron chi connectivity index (χ4n) is 1.24. The summed E-state index contributed by atoms with van der Waals surface area (Å²) in [5, 5.41) is 1.93. The second-order valence-corrected chi connectivity index (χ2v) is 3.24. The van der Waals surface area contributed by atoms with E-state index in [0.717, 1.165) is 25.9 Å². The standard InChI is InChI=1S/C9H18N2O2/c1-2-3-4-9(12)10-11-5-7-13-8-6-11/h2-8H2,1H3,(H,10,12). The lowest BCUT2D eigenvalue weighted by Crippen LogP contribution is -2.48. The van der Waals surface area contributed by atoms with Gasteiger partial charge in [-0.05, 0) is 6.42 Å². The summed E-state index contributed by atoms with van der Waals surface area (Å²) in [5.74, 6) is 0.128. The summed E-state index contributed by atoms with van der Waals surface area (Å²) in [5.41, 5.74) is 2.87. The third-order valence-corrected chi connectivity index (χ3v) is 2.05. The Bertz CT molecular complexity index is 156. The van der Waals surface area contributed by atoms with E-state index in [9.17, 15) is 4.79 Å². The van der Waals surface area contributed by atoms with Crippen LogP contribution in [0.25, 0.3) is 0 Å². The first kappa shape index (κ1) is 10.5. The van der Waals surface area contributed by atoms with Crippen LogP contribution in [0, 0.1) is 0 Å². The third-order valence-electron chi connectivity index (χ3n) is 2.05. The molecule has 13 heavy (non-hydrogen) atoms. The summed E-state index contributed by atoms with van der Waals surface area (Å²) in [6.07, 6.45) is 2.67. The van der Waals surface area contributed by atoms with Crippen molar-refractivity contribution in [2.45, 2.75) is 26.2 Å². The number of carbonyl (C=O) groups is 1. The van der Waals surface area contributed by atoms with Crippen molar-refractivity contribution >= 4 is 5.91 Å². The number of nitrogens with one attached hydrogen (secondary N) is 1. The van der Waals surface area contributed by atoms with Crippen LogP contribution in [-0.2, 0) is 9.53 Å². The van der Waals surface area contributed by atoms with E-state index in [1.165, 1.54) is 0 Å². The molecule has 1 aliphatic heterocycles. The van der Waals surface area contributed by atoms with Gasteiger partial charge in [0.15, 0.2) is 0 Å². The predicted octanol–water partition coefficient (Wildman–Crippen LogP) is 0.540. The number of ether oxygens (including phenoxy) is 1. The van der Waals surface area contributed by atoms with Crippen LogP contribution in [-0.4, -0.2) is 37.2 Å². The maximum Gasteiger partial charge on any atom is 0.234 e. The van der Waals surface area contributed by atoms with E-state index in [-0.39, 0.29) is 5.91 Å². The van der Waals surface area contributed by atoms with Gasteiger partial charge in [0.25, 0.3) is 0 Å². The number of nitrogens with zero attached hydrogens (tertiary/aromatic N) is 1. The predicted molar refractivity (Wildman–Crippen MR) is 50.1 cm³/mol. The second kappa shape index (κ2) is 5.94. The zero-order valence-electron chi connectivity index (χ0n) is 8.21. The van der Waals surface area contributed by atoms with Crippen molar-refractivity contribution in [2.75, 3.05) is 26.3 Å². The van der Waals surface area contributed by atoms with Gasteiger partial charge in [0.2, 0.25) is 5.91 Å².